The highest BCUT2D eigenvalue weighted by atomic mass is 35.5. The number of unbranched alkanes of at least 4 members (excludes halogenated alkanes) is 18. The minimum atomic E-state index is -1.34. The lowest BCUT2D eigenvalue weighted by Crippen LogP contribution is -2.93. The second kappa shape index (κ2) is 30.0. The molecular formula is C36H64Cl3NO3. The normalized spacial score (nSPS) is 12.4. The van der Waals surface area contributed by atoms with Crippen molar-refractivity contribution in [1.29, 1.82) is 0 Å². The van der Waals surface area contributed by atoms with Crippen LogP contribution in [0.3, 0.4) is 0 Å². The first-order valence-corrected chi connectivity index (χ1v) is 18.7. The fourth-order valence-electron chi connectivity index (χ4n) is 5.41. The molecule has 4 nitrogen and oxygen atoms in total. The summed E-state index contributed by atoms with van der Waals surface area (Å²) in [6.45, 7) is 8.91. The van der Waals surface area contributed by atoms with Crippen molar-refractivity contribution in [1.82, 2.24) is 0 Å². The second-order valence-electron chi connectivity index (χ2n) is 12.4. The number of hydrogen-bond acceptors (Lipinski definition) is 3. The molecule has 0 radical (unpaired) electrons. The van der Waals surface area contributed by atoms with E-state index in [0.29, 0.717) is 0 Å². The Morgan fingerprint density at radius 3 is 1.35 bits per heavy atom. The van der Waals surface area contributed by atoms with Gasteiger partial charge in [0.25, 0.3) is 0 Å². The molecule has 0 bridgehead atoms. The number of carboxylic acids is 1. The Hall–Kier alpha value is -0.680. The van der Waals surface area contributed by atoms with Gasteiger partial charge >= 0.3 is 0 Å². The number of hydrogen-bond donors (Lipinski definition) is 1. The highest BCUT2D eigenvalue weighted by Gasteiger charge is 2.11. The maximum Gasteiger partial charge on any atom is 0.140 e. The van der Waals surface area contributed by atoms with E-state index in [9.17, 15) is 9.90 Å². The lowest BCUT2D eigenvalue weighted by atomic mass is 10.0. The summed E-state index contributed by atoms with van der Waals surface area (Å²) in [5, 5.41) is 13.5. The topological polar surface area (TPSA) is 66.0 Å². The zero-order valence-corrected chi connectivity index (χ0v) is 30.3. The molecule has 0 aliphatic carbocycles. The molecule has 0 fully saturated rings. The number of quaternary nitrogens is 1. The van der Waals surface area contributed by atoms with E-state index in [0.717, 1.165) is 12.1 Å². The van der Waals surface area contributed by atoms with Crippen molar-refractivity contribution in [3.05, 3.63) is 27.2 Å². The van der Waals surface area contributed by atoms with Crippen molar-refractivity contribution in [2.45, 2.75) is 181 Å². The summed E-state index contributed by atoms with van der Waals surface area (Å²) in [7, 11) is 0. The highest BCUT2D eigenvalue weighted by molar-refractivity contribution is 6.43. The van der Waals surface area contributed by atoms with Crippen molar-refractivity contribution < 1.29 is 20.0 Å². The summed E-state index contributed by atoms with van der Waals surface area (Å²) in [6.07, 6.45) is 31.9. The third-order valence-corrected chi connectivity index (χ3v) is 9.02. The van der Waals surface area contributed by atoms with Gasteiger partial charge in [-0.25, -0.2) is 0 Å². The Balaban J connectivity index is 0.00000104. The summed E-state index contributed by atoms with van der Waals surface area (Å²) in [4.78, 5) is 10.1. The predicted octanol–water partition coefficient (Wildman–Crippen LogP) is 10.7. The van der Waals surface area contributed by atoms with Crippen LogP contribution in [0.2, 0.25) is 15.1 Å². The van der Waals surface area contributed by atoms with Gasteiger partial charge in [0.2, 0.25) is 0 Å². The fraction of sp³-hybridized carbons (Fsp3) is 0.806. The monoisotopic (exact) mass is 663 g/mol. The first-order chi connectivity index (χ1) is 20.7. The summed E-state index contributed by atoms with van der Waals surface area (Å²) in [5.41, 5.74) is 0. The molecule has 252 valence electrons. The summed E-state index contributed by atoms with van der Waals surface area (Å²) < 4.78 is 4.80. The number of nitrogens with two attached hydrogens (primary N) is 1. The van der Waals surface area contributed by atoms with Gasteiger partial charge in [0, 0.05) is 6.07 Å². The lowest BCUT2D eigenvalue weighted by molar-refractivity contribution is -0.716. The molecule has 43 heavy (non-hydrogen) atoms. The van der Waals surface area contributed by atoms with Crippen LogP contribution >= 0.6 is 34.8 Å². The first kappa shape index (κ1) is 42.3. The van der Waals surface area contributed by atoms with Crippen LogP contribution in [0.1, 0.15) is 169 Å². The van der Waals surface area contributed by atoms with Crippen molar-refractivity contribution >= 4 is 40.8 Å². The SMILES string of the molecule is CCCCCCCCCCCCC(C)[NH2+]C(C)CCCCCCCCCCCC.O=C([O-])COc1cc(Cl)c(Cl)cc1Cl. The average molecular weight is 665 g/mol. The number of aliphatic carboxylic acids is 1. The molecule has 0 aliphatic heterocycles. The van der Waals surface area contributed by atoms with E-state index in [2.05, 4.69) is 33.0 Å². The molecule has 2 unspecified atom stereocenters. The number of halogens is 3. The quantitative estimate of drug-likeness (QED) is 0.0752. The molecule has 1 aromatic carbocycles. The molecule has 0 spiro atoms. The van der Waals surface area contributed by atoms with Crippen LogP contribution in [-0.2, 0) is 4.79 Å². The van der Waals surface area contributed by atoms with E-state index in [-0.39, 0.29) is 20.8 Å². The molecular weight excluding hydrogens is 601 g/mol. The third kappa shape index (κ3) is 27.4. The van der Waals surface area contributed by atoms with Crippen LogP contribution in [0.5, 0.6) is 5.75 Å². The molecule has 0 aromatic heterocycles. The number of rotatable bonds is 27. The van der Waals surface area contributed by atoms with Gasteiger partial charge in [-0.05, 0) is 45.6 Å². The molecule has 7 heteroatoms. The zero-order chi connectivity index (χ0) is 32.1. The van der Waals surface area contributed by atoms with Crippen LogP contribution in [0.4, 0.5) is 0 Å². The lowest BCUT2D eigenvalue weighted by Gasteiger charge is -2.16. The molecule has 2 atom stereocenters. The molecule has 1 aromatic rings. The van der Waals surface area contributed by atoms with Crippen LogP contribution in [0.25, 0.3) is 0 Å². The van der Waals surface area contributed by atoms with E-state index in [4.69, 9.17) is 39.5 Å². The Morgan fingerprint density at radius 2 is 0.977 bits per heavy atom. The van der Waals surface area contributed by atoms with Crippen molar-refractivity contribution in [3.8, 4) is 5.75 Å². The maximum absolute atomic E-state index is 10.1. The summed E-state index contributed by atoms with van der Waals surface area (Å²) >= 11 is 17.0. The smallest absolute Gasteiger partial charge is 0.140 e. The molecule has 0 heterocycles. The van der Waals surface area contributed by atoms with Crippen molar-refractivity contribution in [2.24, 2.45) is 0 Å². The molecule has 1 rings (SSSR count). The van der Waals surface area contributed by atoms with Crippen LogP contribution in [-0.4, -0.2) is 24.7 Å². The summed E-state index contributed by atoms with van der Waals surface area (Å²) in [5.74, 6) is -1.18. The number of benzene rings is 1. The Labute approximate surface area is 280 Å². The number of carbonyl (C=O) groups is 1. The standard InChI is InChI=1S/C28H59N.C8H5Cl3O3/c1-5-7-9-11-13-15-17-19-21-23-25-27(3)29-28(4)26-24-22-20-18-16-14-12-10-8-6-2;9-4-1-6(11)7(2-5(4)10)14-3-8(12)13/h27-29H,5-26H2,1-4H3;1-2H,3H2,(H,12,13). The molecule has 2 N–H and O–H groups in total. The number of carboxylic acid groups (broad SMARTS) is 1. The van der Waals surface area contributed by atoms with Crippen LogP contribution in [0, 0.1) is 0 Å². The van der Waals surface area contributed by atoms with E-state index in [1.165, 1.54) is 153 Å². The van der Waals surface area contributed by atoms with Gasteiger partial charge in [-0.3, -0.25) is 0 Å². The third-order valence-electron chi connectivity index (χ3n) is 8.00. The van der Waals surface area contributed by atoms with E-state index in [1.54, 1.807) is 0 Å². The average Bonchev–Trinajstić information content (AvgIpc) is 2.96. The van der Waals surface area contributed by atoms with E-state index < -0.39 is 12.6 Å². The number of carbonyl (C=O) groups excluding carboxylic acids is 1. The molecule has 0 saturated carbocycles. The second-order valence-corrected chi connectivity index (χ2v) is 13.7. The van der Waals surface area contributed by atoms with Crippen LogP contribution in [0.15, 0.2) is 12.1 Å². The molecule has 0 saturated heterocycles. The Bertz CT molecular complexity index is 765. The van der Waals surface area contributed by atoms with Crippen molar-refractivity contribution in [2.75, 3.05) is 6.61 Å². The van der Waals surface area contributed by atoms with Gasteiger partial charge in [0.05, 0.1) is 33.1 Å². The molecule has 0 amide bonds. The van der Waals surface area contributed by atoms with Gasteiger partial charge < -0.3 is 20.0 Å². The Morgan fingerprint density at radius 1 is 0.628 bits per heavy atom. The minimum Gasteiger partial charge on any atom is -0.546 e. The van der Waals surface area contributed by atoms with Crippen LogP contribution < -0.4 is 15.2 Å². The van der Waals surface area contributed by atoms with Gasteiger partial charge in [0.1, 0.15) is 12.4 Å². The predicted molar refractivity (Wildman–Crippen MR) is 186 cm³/mol. The largest absolute Gasteiger partial charge is 0.546 e. The maximum atomic E-state index is 10.1. The first-order valence-electron chi connectivity index (χ1n) is 17.5. The zero-order valence-electron chi connectivity index (χ0n) is 28.0. The fourth-order valence-corrected chi connectivity index (χ4v) is 6.00. The van der Waals surface area contributed by atoms with Gasteiger partial charge in [-0.2, -0.15) is 0 Å². The number of ether oxygens (including phenoxy) is 1. The van der Waals surface area contributed by atoms with Gasteiger partial charge in [-0.1, -0.05) is 164 Å². The van der Waals surface area contributed by atoms with E-state index in [1.807, 2.05) is 0 Å². The molecule has 0 aliphatic rings. The Kier molecular flexibility index (Phi) is 29.5. The van der Waals surface area contributed by atoms with Gasteiger partial charge in [0.15, 0.2) is 0 Å². The van der Waals surface area contributed by atoms with Crippen molar-refractivity contribution in [3.63, 3.8) is 0 Å². The highest BCUT2D eigenvalue weighted by Crippen LogP contribution is 2.33. The van der Waals surface area contributed by atoms with Gasteiger partial charge in [-0.15, -0.1) is 0 Å². The van der Waals surface area contributed by atoms with E-state index >= 15 is 0 Å². The summed E-state index contributed by atoms with van der Waals surface area (Å²) in [6, 6.07) is 4.36. The minimum absolute atomic E-state index is 0.158.